The molecular formula is C29H49ClN6O2S. The van der Waals surface area contributed by atoms with Crippen LogP contribution in [0.15, 0.2) is 48.2 Å². The quantitative estimate of drug-likeness (QED) is 0.350. The minimum atomic E-state index is -3.87. The molecule has 2 aliphatic rings. The Hall–Kier alpha value is -1.91. The maximum Gasteiger partial charge on any atom is 0.296 e. The number of nitrogens with one attached hydrogen (secondary N) is 1. The third-order valence-electron chi connectivity index (χ3n) is 7.72. The summed E-state index contributed by atoms with van der Waals surface area (Å²) in [4.78, 5) is 12.0. The predicted octanol–water partition coefficient (Wildman–Crippen LogP) is 5.60. The predicted molar refractivity (Wildman–Crippen MR) is 167 cm³/mol. The average Bonchev–Trinajstić information content (AvgIpc) is 2.93. The summed E-state index contributed by atoms with van der Waals surface area (Å²) in [6, 6.07) is 3.00. The molecule has 0 aliphatic carbocycles. The standard InChI is InChI=1S/C27H43ClN6O2S.C2H6/c1-6-20(4)9-10-22(7-2)21(5)32-13-11-25(12-14-32)34-16-15-33(19-24(34)8-3)27-26(28)17-23(18-30-27)31-37(29,35)36;1-2/h6,9-10,17-18,21,24-25,31H,1,7-8,11-16,19H2,2-5H3,(H2,29,35,36);1-2H3/b20-9-,22-10+;. The second-order valence-electron chi connectivity index (χ2n) is 10.1. The van der Waals surface area contributed by atoms with Crippen LogP contribution in [0.1, 0.15) is 67.2 Å². The summed E-state index contributed by atoms with van der Waals surface area (Å²) >= 11 is 6.49. The van der Waals surface area contributed by atoms with E-state index < -0.39 is 10.2 Å². The number of hydrogen-bond donors (Lipinski definition) is 2. The zero-order valence-corrected chi connectivity index (χ0v) is 26.2. The highest BCUT2D eigenvalue weighted by Crippen LogP contribution is 2.31. The Morgan fingerprint density at radius 1 is 1.23 bits per heavy atom. The summed E-state index contributed by atoms with van der Waals surface area (Å²) in [5.74, 6) is 0.683. The Bertz CT molecular complexity index is 1100. The van der Waals surface area contributed by atoms with E-state index in [9.17, 15) is 8.42 Å². The highest BCUT2D eigenvalue weighted by Gasteiger charge is 2.34. The van der Waals surface area contributed by atoms with Crippen LogP contribution in [0.2, 0.25) is 5.02 Å². The van der Waals surface area contributed by atoms with Crippen LogP contribution in [0.4, 0.5) is 11.5 Å². The van der Waals surface area contributed by atoms with Gasteiger partial charge in [-0.1, -0.05) is 75.2 Å². The summed E-state index contributed by atoms with van der Waals surface area (Å²) in [5, 5.41) is 5.47. The minimum Gasteiger partial charge on any atom is -0.353 e. The molecule has 0 aromatic carbocycles. The first-order chi connectivity index (χ1) is 18.6. The van der Waals surface area contributed by atoms with Gasteiger partial charge in [-0.25, -0.2) is 10.1 Å². The van der Waals surface area contributed by atoms with Crippen LogP contribution in [0.5, 0.6) is 0 Å². The third-order valence-corrected chi connectivity index (χ3v) is 8.52. The molecule has 0 spiro atoms. The van der Waals surface area contributed by atoms with Crippen LogP contribution in [0, 0.1) is 0 Å². The van der Waals surface area contributed by atoms with Gasteiger partial charge in [-0.3, -0.25) is 14.5 Å². The van der Waals surface area contributed by atoms with E-state index in [0.29, 0.717) is 29.0 Å². The van der Waals surface area contributed by atoms with Gasteiger partial charge in [0.2, 0.25) is 0 Å². The Morgan fingerprint density at radius 2 is 1.90 bits per heavy atom. The molecule has 1 aromatic rings. The molecular weight excluding hydrogens is 532 g/mol. The van der Waals surface area contributed by atoms with E-state index in [2.05, 4.69) is 70.8 Å². The van der Waals surface area contributed by atoms with E-state index in [4.69, 9.17) is 16.7 Å². The van der Waals surface area contributed by atoms with Crippen molar-refractivity contribution >= 4 is 33.3 Å². The molecule has 8 nitrogen and oxygen atoms in total. The molecule has 2 unspecified atom stereocenters. The topological polar surface area (TPSA) is 94.8 Å². The molecule has 3 N–H and O–H groups in total. The Kier molecular flexibility index (Phi) is 13.5. The van der Waals surface area contributed by atoms with Crippen LogP contribution in [-0.4, -0.2) is 74.1 Å². The van der Waals surface area contributed by atoms with Crippen molar-refractivity contribution in [2.24, 2.45) is 5.14 Å². The fourth-order valence-electron chi connectivity index (χ4n) is 5.49. The second kappa shape index (κ2) is 15.8. The number of piperidine rings is 1. The summed E-state index contributed by atoms with van der Waals surface area (Å²) in [6.07, 6.45) is 12.3. The SMILES string of the molecule is C=C/C(C)=C\C=C(/CC)C(C)N1CCC(N2CCN(c3ncc(NS(N)(=O)=O)cc3Cl)CC2CC)CC1.CC. The molecule has 2 fully saturated rings. The van der Waals surface area contributed by atoms with Crippen molar-refractivity contribution in [2.75, 3.05) is 42.3 Å². The molecule has 2 aliphatic heterocycles. The highest BCUT2D eigenvalue weighted by atomic mass is 35.5. The van der Waals surface area contributed by atoms with E-state index in [1.165, 1.54) is 30.2 Å². The van der Waals surface area contributed by atoms with Gasteiger partial charge in [0.25, 0.3) is 10.2 Å². The fraction of sp³-hybridized carbons (Fsp3) is 0.621. The van der Waals surface area contributed by atoms with Crippen molar-refractivity contribution < 1.29 is 8.42 Å². The zero-order chi connectivity index (χ0) is 29.2. The van der Waals surface area contributed by atoms with Gasteiger partial charge >= 0.3 is 0 Å². The molecule has 2 saturated heterocycles. The number of rotatable bonds is 10. The van der Waals surface area contributed by atoms with Crippen LogP contribution in [0.25, 0.3) is 0 Å². The molecule has 2 atom stereocenters. The normalized spacial score (nSPS) is 21.2. The second-order valence-corrected chi connectivity index (χ2v) is 11.8. The lowest BCUT2D eigenvalue weighted by Gasteiger charge is -2.48. The first-order valence-corrected chi connectivity index (χ1v) is 16.2. The summed E-state index contributed by atoms with van der Waals surface area (Å²) < 4.78 is 24.8. The Morgan fingerprint density at radius 3 is 2.44 bits per heavy atom. The van der Waals surface area contributed by atoms with E-state index >= 15 is 0 Å². The number of halogens is 1. The molecule has 0 radical (unpaired) electrons. The fourth-order valence-corrected chi connectivity index (χ4v) is 6.21. The summed E-state index contributed by atoms with van der Waals surface area (Å²) in [6.45, 7) is 21.6. The van der Waals surface area contributed by atoms with Gasteiger partial charge in [0.05, 0.1) is 16.9 Å². The minimum absolute atomic E-state index is 0.260. The Labute approximate surface area is 242 Å². The number of piperazine rings is 1. The smallest absolute Gasteiger partial charge is 0.296 e. The third kappa shape index (κ3) is 9.60. The van der Waals surface area contributed by atoms with Gasteiger partial charge in [-0.15, -0.1) is 0 Å². The first kappa shape index (κ1) is 33.3. The number of nitrogens with two attached hydrogens (primary N) is 1. The first-order valence-electron chi connectivity index (χ1n) is 14.3. The van der Waals surface area contributed by atoms with E-state index in [-0.39, 0.29) is 5.69 Å². The van der Waals surface area contributed by atoms with Crippen molar-refractivity contribution in [2.45, 2.75) is 85.4 Å². The molecule has 3 rings (SSSR count). The van der Waals surface area contributed by atoms with Crippen LogP contribution < -0.4 is 14.8 Å². The van der Waals surface area contributed by atoms with E-state index in [0.717, 1.165) is 45.6 Å². The monoisotopic (exact) mass is 580 g/mol. The number of aromatic nitrogens is 1. The molecule has 0 saturated carbocycles. The average molecular weight is 581 g/mol. The van der Waals surface area contributed by atoms with Crippen molar-refractivity contribution in [3.63, 3.8) is 0 Å². The number of allylic oxidation sites excluding steroid dienone is 4. The Balaban J connectivity index is 0.00000260. The van der Waals surface area contributed by atoms with E-state index in [1.807, 2.05) is 19.9 Å². The molecule has 1 aromatic heterocycles. The van der Waals surface area contributed by atoms with Gasteiger partial charge in [0.15, 0.2) is 0 Å². The number of pyridine rings is 1. The number of anilines is 2. The van der Waals surface area contributed by atoms with Crippen molar-refractivity contribution in [3.05, 3.63) is 53.2 Å². The maximum absolute atomic E-state index is 11.3. The van der Waals surface area contributed by atoms with Gasteiger partial charge in [-0.05, 0) is 45.6 Å². The van der Waals surface area contributed by atoms with Gasteiger partial charge in [0.1, 0.15) is 5.82 Å². The summed E-state index contributed by atoms with van der Waals surface area (Å²) in [5.41, 5.74) is 2.92. The lowest BCUT2D eigenvalue weighted by Crippen LogP contribution is -2.59. The molecule has 10 heteroatoms. The lowest BCUT2D eigenvalue weighted by molar-refractivity contribution is 0.0559. The highest BCUT2D eigenvalue weighted by molar-refractivity contribution is 7.90. The van der Waals surface area contributed by atoms with Crippen LogP contribution in [0.3, 0.4) is 0 Å². The number of likely N-dealkylation sites (tertiary alicyclic amines) is 1. The molecule has 220 valence electrons. The van der Waals surface area contributed by atoms with Crippen molar-refractivity contribution in [1.29, 1.82) is 0 Å². The van der Waals surface area contributed by atoms with Crippen LogP contribution >= 0.6 is 11.6 Å². The molecule has 3 heterocycles. The lowest BCUT2D eigenvalue weighted by atomic mass is 9.95. The number of hydrogen-bond acceptors (Lipinski definition) is 6. The maximum atomic E-state index is 11.3. The van der Waals surface area contributed by atoms with Crippen molar-refractivity contribution in [1.82, 2.24) is 14.8 Å². The van der Waals surface area contributed by atoms with Crippen LogP contribution in [-0.2, 0) is 10.2 Å². The molecule has 0 amide bonds. The molecule has 0 bridgehead atoms. The van der Waals surface area contributed by atoms with Gasteiger partial charge < -0.3 is 4.90 Å². The largest absolute Gasteiger partial charge is 0.353 e. The molecule has 39 heavy (non-hydrogen) atoms. The van der Waals surface area contributed by atoms with Gasteiger partial charge in [0, 0.05) is 50.8 Å². The van der Waals surface area contributed by atoms with Crippen molar-refractivity contribution in [3.8, 4) is 0 Å². The zero-order valence-electron chi connectivity index (χ0n) is 24.7. The summed E-state index contributed by atoms with van der Waals surface area (Å²) in [7, 11) is -3.87. The number of nitrogens with zero attached hydrogens (tertiary/aromatic N) is 4. The van der Waals surface area contributed by atoms with Gasteiger partial charge in [-0.2, -0.15) is 8.42 Å². The van der Waals surface area contributed by atoms with E-state index in [1.54, 1.807) is 6.07 Å².